The summed E-state index contributed by atoms with van der Waals surface area (Å²) in [6, 6.07) is 3.16. The topological polar surface area (TPSA) is 64.0 Å². The third-order valence-corrected chi connectivity index (χ3v) is 6.52. The highest BCUT2D eigenvalue weighted by Crippen LogP contribution is 2.30. The predicted octanol–water partition coefficient (Wildman–Crippen LogP) is 2.50. The Hall–Kier alpha value is -1.39. The lowest BCUT2D eigenvalue weighted by Crippen LogP contribution is -2.33. The van der Waals surface area contributed by atoms with Gasteiger partial charge in [-0.2, -0.15) is 13.2 Å². The molecule has 0 aliphatic carbocycles. The van der Waals surface area contributed by atoms with E-state index in [9.17, 15) is 21.6 Å². The molecule has 1 aliphatic heterocycles. The van der Waals surface area contributed by atoms with E-state index >= 15 is 0 Å². The fourth-order valence-corrected chi connectivity index (χ4v) is 4.69. The number of rotatable bonds is 4. The molecule has 126 valence electrons. The number of hydrogen-bond donors (Lipinski definition) is 1. The number of alkyl halides is 3. The Balaban J connectivity index is 1.65. The summed E-state index contributed by atoms with van der Waals surface area (Å²) >= 11 is 1.12. The van der Waals surface area contributed by atoms with Gasteiger partial charge in [0.1, 0.15) is 10.0 Å². The van der Waals surface area contributed by atoms with E-state index in [2.05, 4.69) is 9.71 Å². The number of fused-ring (bicyclic) bond motifs is 1. The molecule has 2 aromatic rings. The standard InChI is InChI=1S/C13H14F3N3O2S2/c14-13(15,16)10-8-19-7-9(3-4-11(19)18-10)6-17-23(20,21)12-2-1-5-22-12/h1-2,5,8-9,17H,3-4,6-7H2. The molecule has 1 unspecified atom stereocenters. The van der Waals surface area contributed by atoms with Crippen molar-refractivity contribution in [2.24, 2.45) is 5.92 Å². The summed E-state index contributed by atoms with van der Waals surface area (Å²) < 4.78 is 66.3. The van der Waals surface area contributed by atoms with Gasteiger partial charge in [0.15, 0.2) is 5.69 Å². The summed E-state index contributed by atoms with van der Waals surface area (Å²) in [6.45, 7) is 0.518. The van der Waals surface area contributed by atoms with Crippen molar-refractivity contribution in [2.75, 3.05) is 6.54 Å². The zero-order valence-electron chi connectivity index (χ0n) is 11.9. The number of hydrogen-bond acceptors (Lipinski definition) is 4. The number of nitrogens with zero attached hydrogens (tertiary/aromatic N) is 2. The Labute approximate surface area is 135 Å². The molecule has 0 saturated heterocycles. The molecule has 1 atom stereocenters. The number of thiophene rings is 1. The monoisotopic (exact) mass is 365 g/mol. The minimum atomic E-state index is -4.46. The van der Waals surface area contributed by atoms with Gasteiger partial charge in [-0.1, -0.05) is 6.07 Å². The fourth-order valence-electron chi connectivity index (χ4n) is 2.53. The molecule has 0 bridgehead atoms. The molecular formula is C13H14F3N3O2S2. The predicted molar refractivity (Wildman–Crippen MR) is 78.5 cm³/mol. The summed E-state index contributed by atoms with van der Waals surface area (Å²) in [5.41, 5.74) is -0.896. The summed E-state index contributed by atoms with van der Waals surface area (Å²) in [4.78, 5) is 3.61. The normalized spacial score (nSPS) is 18.8. The lowest BCUT2D eigenvalue weighted by molar-refractivity contribution is -0.141. The van der Waals surface area contributed by atoms with Gasteiger partial charge in [-0.05, 0) is 23.8 Å². The molecule has 3 rings (SSSR count). The third kappa shape index (κ3) is 3.59. The molecule has 5 nitrogen and oxygen atoms in total. The van der Waals surface area contributed by atoms with Gasteiger partial charge in [-0.25, -0.2) is 18.1 Å². The SMILES string of the molecule is O=S(=O)(NCC1CCc2nc(C(F)(F)F)cn2C1)c1cccs1. The zero-order chi connectivity index (χ0) is 16.7. The van der Waals surface area contributed by atoms with Crippen LogP contribution in [0.4, 0.5) is 13.2 Å². The van der Waals surface area contributed by atoms with E-state index in [1.54, 1.807) is 11.4 Å². The largest absolute Gasteiger partial charge is 0.434 e. The molecule has 3 heterocycles. The molecular weight excluding hydrogens is 351 g/mol. The van der Waals surface area contributed by atoms with Crippen molar-refractivity contribution in [3.8, 4) is 0 Å². The fraction of sp³-hybridized carbons (Fsp3) is 0.462. The Morgan fingerprint density at radius 3 is 2.87 bits per heavy atom. The van der Waals surface area contributed by atoms with E-state index in [0.717, 1.165) is 17.5 Å². The van der Waals surface area contributed by atoms with Crippen LogP contribution in [0.1, 0.15) is 17.9 Å². The maximum atomic E-state index is 12.7. The van der Waals surface area contributed by atoms with Crippen LogP contribution in [0.25, 0.3) is 0 Å². The van der Waals surface area contributed by atoms with Crippen LogP contribution in [0.2, 0.25) is 0 Å². The van der Waals surface area contributed by atoms with Crippen LogP contribution in [-0.4, -0.2) is 24.5 Å². The van der Waals surface area contributed by atoms with Gasteiger partial charge in [0.2, 0.25) is 10.0 Å². The van der Waals surface area contributed by atoms with Gasteiger partial charge < -0.3 is 4.57 Å². The molecule has 0 fully saturated rings. The second kappa shape index (κ2) is 5.91. The Morgan fingerprint density at radius 2 is 2.22 bits per heavy atom. The summed E-state index contributed by atoms with van der Waals surface area (Å²) in [6.07, 6.45) is -2.46. The van der Waals surface area contributed by atoms with E-state index in [4.69, 9.17) is 0 Å². The van der Waals surface area contributed by atoms with Crippen molar-refractivity contribution in [2.45, 2.75) is 29.8 Å². The van der Waals surface area contributed by atoms with Crippen molar-refractivity contribution in [3.63, 3.8) is 0 Å². The number of sulfonamides is 1. The van der Waals surface area contributed by atoms with Crippen molar-refractivity contribution in [1.82, 2.24) is 14.3 Å². The van der Waals surface area contributed by atoms with E-state index in [1.807, 2.05) is 0 Å². The minimum Gasteiger partial charge on any atom is -0.334 e. The van der Waals surface area contributed by atoms with Crippen molar-refractivity contribution < 1.29 is 21.6 Å². The highest BCUT2D eigenvalue weighted by Gasteiger charge is 2.35. The van der Waals surface area contributed by atoms with Crippen LogP contribution < -0.4 is 4.72 Å². The van der Waals surface area contributed by atoms with Crippen LogP contribution in [0.3, 0.4) is 0 Å². The van der Waals surface area contributed by atoms with Crippen LogP contribution in [0, 0.1) is 5.92 Å². The maximum absolute atomic E-state index is 12.7. The molecule has 0 radical (unpaired) electrons. The summed E-state index contributed by atoms with van der Waals surface area (Å²) in [5.74, 6) is 0.335. The van der Waals surface area contributed by atoms with Crippen LogP contribution >= 0.6 is 11.3 Å². The molecule has 0 amide bonds. The number of imidazole rings is 1. The van der Waals surface area contributed by atoms with Gasteiger partial charge in [-0.3, -0.25) is 0 Å². The molecule has 0 aromatic carbocycles. The lowest BCUT2D eigenvalue weighted by atomic mass is 10.00. The van der Waals surface area contributed by atoms with Crippen molar-refractivity contribution in [1.29, 1.82) is 0 Å². The van der Waals surface area contributed by atoms with E-state index < -0.39 is 21.9 Å². The quantitative estimate of drug-likeness (QED) is 0.906. The number of halogens is 3. The number of nitrogens with one attached hydrogen (secondary N) is 1. The van der Waals surface area contributed by atoms with Gasteiger partial charge in [0, 0.05) is 25.7 Å². The average Bonchev–Trinajstić information content (AvgIpc) is 3.13. The first-order valence-electron chi connectivity index (χ1n) is 6.92. The van der Waals surface area contributed by atoms with Crippen LogP contribution in [0.5, 0.6) is 0 Å². The first-order chi connectivity index (χ1) is 10.8. The first kappa shape index (κ1) is 16.5. The highest BCUT2D eigenvalue weighted by atomic mass is 32.2. The lowest BCUT2D eigenvalue weighted by Gasteiger charge is -2.23. The Kier molecular flexibility index (Phi) is 4.23. The highest BCUT2D eigenvalue weighted by molar-refractivity contribution is 7.91. The molecule has 10 heteroatoms. The Morgan fingerprint density at radius 1 is 1.43 bits per heavy atom. The van der Waals surface area contributed by atoms with Crippen LogP contribution in [-0.2, 0) is 29.2 Å². The minimum absolute atomic E-state index is 0.0625. The van der Waals surface area contributed by atoms with E-state index in [1.165, 1.54) is 10.6 Å². The van der Waals surface area contributed by atoms with Gasteiger partial charge in [0.25, 0.3) is 0 Å². The third-order valence-electron chi connectivity index (χ3n) is 3.70. The van der Waals surface area contributed by atoms with E-state index in [0.29, 0.717) is 25.2 Å². The van der Waals surface area contributed by atoms with Crippen molar-refractivity contribution >= 4 is 21.4 Å². The average molecular weight is 365 g/mol. The molecule has 23 heavy (non-hydrogen) atoms. The maximum Gasteiger partial charge on any atom is 0.434 e. The van der Waals surface area contributed by atoms with Gasteiger partial charge in [0.05, 0.1) is 0 Å². The molecule has 0 saturated carbocycles. The van der Waals surface area contributed by atoms with E-state index in [-0.39, 0.29) is 16.7 Å². The smallest absolute Gasteiger partial charge is 0.334 e. The zero-order valence-corrected chi connectivity index (χ0v) is 13.5. The second-order valence-corrected chi connectivity index (χ2v) is 8.32. The number of aryl methyl sites for hydroxylation is 1. The van der Waals surface area contributed by atoms with Crippen LogP contribution in [0.15, 0.2) is 27.9 Å². The summed E-state index contributed by atoms with van der Waals surface area (Å²) in [7, 11) is -3.55. The molecule has 1 N–H and O–H groups in total. The molecule has 2 aromatic heterocycles. The van der Waals surface area contributed by atoms with Gasteiger partial charge in [-0.15, -0.1) is 11.3 Å². The van der Waals surface area contributed by atoms with Crippen molar-refractivity contribution in [3.05, 3.63) is 35.2 Å². The molecule has 0 spiro atoms. The second-order valence-electron chi connectivity index (χ2n) is 5.38. The molecule has 1 aliphatic rings. The first-order valence-corrected chi connectivity index (χ1v) is 9.28. The summed E-state index contributed by atoms with van der Waals surface area (Å²) in [5, 5.41) is 1.67. The Bertz CT molecular complexity index is 782. The number of aromatic nitrogens is 2. The van der Waals surface area contributed by atoms with Gasteiger partial charge >= 0.3 is 6.18 Å².